The molecule has 2 aromatic heterocycles. The van der Waals surface area contributed by atoms with Crippen LogP contribution in [0.4, 0.5) is 0 Å². The van der Waals surface area contributed by atoms with Crippen molar-refractivity contribution in [1.29, 1.82) is 0 Å². The van der Waals surface area contributed by atoms with Crippen LogP contribution < -0.4 is 4.74 Å². The van der Waals surface area contributed by atoms with Crippen LogP contribution in [0.2, 0.25) is 0 Å². The lowest BCUT2D eigenvalue weighted by molar-refractivity contribution is 0.244. The zero-order valence-electron chi connectivity index (χ0n) is 16.0. The quantitative estimate of drug-likeness (QED) is 0.660. The maximum atomic E-state index is 5.27. The van der Waals surface area contributed by atoms with Gasteiger partial charge in [0.05, 0.1) is 18.8 Å². The van der Waals surface area contributed by atoms with Gasteiger partial charge >= 0.3 is 0 Å². The average molecular weight is 362 g/mol. The molecule has 0 amide bonds. The first-order valence-electron chi connectivity index (χ1n) is 9.65. The van der Waals surface area contributed by atoms with Gasteiger partial charge < -0.3 is 4.74 Å². The van der Waals surface area contributed by atoms with E-state index in [1.54, 1.807) is 7.11 Å². The molecule has 0 N–H and O–H groups in total. The molecular formula is C22H26N4O. The second kappa shape index (κ2) is 7.92. The molecule has 1 fully saturated rings. The molecule has 1 aromatic carbocycles. The van der Waals surface area contributed by atoms with Gasteiger partial charge in [0.25, 0.3) is 0 Å². The normalized spacial score (nSPS) is 17.3. The van der Waals surface area contributed by atoms with Gasteiger partial charge in [-0.2, -0.15) is 0 Å². The predicted octanol–water partition coefficient (Wildman–Crippen LogP) is 4.18. The third kappa shape index (κ3) is 3.74. The van der Waals surface area contributed by atoms with Crippen LogP contribution >= 0.6 is 0 Å². The topological polar surface area (TPSA) is 43.2 Å². The molecule has 27 heavy (non-hydrogen) atoms. The Bertz CT molecular complexity index is 887. The SMILES string of the molecule is CCc1nccn1-c1cccc(C2CCCN2Cc2ccc(OC)cc2)n1. The number of methoxy groups -OCH3 is 1. The van der Waals surface area contributed by atoms with Crippen molar-refractivity contribution in [3.05, 3.63) is 71.9 Å². The maximum absolute atomic E-state index is 5.27. The molecule has 3 heterocycles. The molecule has 5 heteroatoms. The average Bonchev–Trinajstić information content (AvgIpc) is 3.38. The van der Waals surface area contributed by atoms with Crippen molar-refractivity contribution in [1.82, 2.24) is 19.4 Å². The number of aryl methyl sites for hydroxylation is 1. The summed E-state index contributed by atoms with van der Waals surface area (Å²) in [6.45, 7) is 4.16. The lowest BCUT2D eigenvalue weighted by atomic mass is 10.1. The van der Waals surface area contributed by atoms with Gasteiger partial charge in [0.15, 0.2) is 0 Å². The van der Waals surface area contributed by atoms with Crippen LogP contribution in [0, 0.1) is 0 Å². The fraction of sp³-hybridized carbons (Fsp3) is 0.364. The molecule has 1 aliphatic rings. The molecule has 0 saturated carbocycles. The van der Waals surface area contributed by atoms with Crippen molar-refractivity contribution in [2.45, 2.75) is 38.8 Å². The standard InChI is InChI=1S/C22H26N4O/c1-3-21-23-13-15-26(21)22-8-4-6-19(24-22)20-7-5-14-25(20)16-17-9-11-18(27-2)12-10-17/h4,6,8-13,15,20H,3,5,7,14,16H2,1-2H3. The number of aromatic nitrogens is 3. The zero-order chi connectivity index (χ0) is 18.6. The first-order valence-corrected chi connectivity index (χ1v) is 9.65. The van der Waals surface area contributed by atoms with Crippen LogP contribution in [0.5, 0.6) is 5.75 Å². The number of likely N-dealkylation sites (tertiary alicyclic amines) is 1. The minimum Gasteiger partial charge on any atom is -0.497 e. The highest BCUT2D eigenvalue weighted by atomic mass is 16.5. The third-order valence-electron chi connectivity index (χ3n) is 5.29. The van der Waals surface area contributed by atoms with E-state index in [2.05, 4.69) is 51.7 Å². The number of hydrogen-bond donors (Lipinski definition) is 0. The van der Waals surface area contributed by atoms with E-state index in [4.69, 9.17) is 9.72 Å². The molecule has 1 aliphatic heterocycles. The van der Waals surface area contributed by atoms with Crippen LogP contribution in [0.15, 0.2) is 54.9 Å². The van der Waals surface area contributed by atoms with E-state index in [0.717, 1.165) is 49.0 Å². The highest BCUT2D eigenvalue weighted by Crippen LogP contribution is 2.32. The third-order valence-corrected chi connectivity index (χ3v) is 5.29. The lowest BCUT2D eigenvalue weighted by Crippen LogP contribution is -2.23. The van der Waals surface area contributed by atoms with E-state index >= 15 is 0 Å². The number of pyridine rings is 1. The number of ether oxygens (including phenoxy) is 1. The van der Waals surface area contributed by atoms with E-state index < -0.39 is 0 Å². The van der Waals surface area contributed by atoms with Gasteiger partial charge in [0.1, 0.15) is 17.4 Å². The van der Waals surface area contributed by atoms with E-state index in [1.165, 1.54) is 12.0 Å². The van der Waals surface area contributed by atoms with E-state index in [-0.39, 0.29) is 0 Å². The molecule has 3 aromatic rings. The first kappa shape index (κ1) is 17.7. The summed E-state index contributed by atoms with van der Waals surface area (Å²) >= 11 is 0. The molecule has 0 aliphatic carbocycles. The fourth-order valence-electron chi connectivity index (χ4n) is 3.88. The number of rotatable bonds is 6. The van der Waals surface area contributed by atoms with Crippen molar-refractivity contribution in [2.24, 2.45) is 0 Å². The number of nitrogens with zero attached hydrogens (tertiary/aromatic N) is 4. The minimum absolute atomic E-state index is 0.362. The van der Waals surface area contributed by atoms with E-state index in [1.807, 2.05) is 24.5 Å². The second-order valence-electron chi connectivity index (χ2n) is 6.96. The molecule has 1 unspecified atom stereocenters. The summed E-state index contributed by atoms with van der Waals surface area (Å²) in [7, 11) is 1.70. The molecular weight excluding hydrogens is 336 g/mol. The van der Waals surface area contributed by atoms with Crippen LogP contribution in [-0.4, -0.2) is 33.1 Å². The summed E-state index contributed by atoms with van der Waals surface area (Å²) in [5.41, 5.74) is 2.45. The molecule has 1 saturated heterocycles. The summed E-state index contributed by atoms with van der Waals surface area (Å²) in [4.78, 5) is 11.9. The maximum Gasteiger partial charge on any atom is 0.138 e. The van der Waals surface area contributed by atoms with Crippen molar-refractivity contribution >= 4 is 0 Å². The van der Waals surface area contributed by atoms with Gasteiger partial charge in [-0.25, -0.2) is 9.97 Å². The number of hydrogen-bond acceptors (Lipinski definition) is 4. The van der Waals surface area contributed by atoms with E-state index in [9.17, 15) is 0 Å². The van der Waals surface area contributed by atoms with Gasteiger partial charge in [-0.1, -0.05) is 25.1 Å². The molecule has 4 rings (SSSR count). The van der Waals surface area contributed by atoms with Crippen LogP contribution in [0.3, 0.4) is 0 Å². The van der Waals surface area contributed by atoms with Gasteiger partial charge in [-0.15, -0.1) is 0 Å². The first-order chi connectivity index (χ1) is 13.3. The number of imidazole rings is 1. The Morgan fingerprint density at radius 1 is 1.15 bits per heavy atom. The van der Waals surface area contributed by atoms with Crippen molar-refractivity contribution < 1.29 is 4.74 Å². The minimum atomic E-state index is 0.362. The Morgan fingerprint density at radius 2 is 2.00 bits per heavy atom. The summed E-state index contributed by atoms with van der Waals surface area (Å²) in [5.74, 6) is 2.90. The van der Waals surface area contributed by atoms with Crippen molar-refractivity contribution in [2.75, 3.05) is 13.7 Å². The summed E-state index contributed by atoms with van der Waals surface area (Å²) < 4.78 is 7.36. The lowest BCUT2D eigenvalue weighted by Gasteiger charge is -2.24. The Morgan fingerprint density at radius 3 is 2.78 bits per heavy atom. The highest BCUT2D eigenvalue weighted by Gasteiger charge is 2.27. The molecule has 5 nitrogen and oxygen atoms in total. The van der Waals surface area contributed by atoms with Crippen molar-refractivity contribution in [3.8, 4) is 11.6 Å². The molecule has 0 radical (unpaired) electrons. The smallest absolute Gasteiger partial charge is 0.138 e. The fourth-order valence-corrected chi connectivity index (χ4v) is 3.88. The Kier molecular flexibility index (Phi) is 5.21. The second-order valence-corrected chi connectivity index (χ2v) is 6.96. The monoisotopic (exact) mass is 362 g/mol. The molecule has 140 valence electrons. The largest absolute Gasteiger partial charge is 0.497 e. The number of benzene rings is 1. The van der Waals surface area contributed by atoms with E-state index in [0.29, 0.717) is 6.04 Å². The molecule has 0 bridgehead atoms. The Hall–Kier alpha value is -2.66. The molecule has 0 spiro atoms. The van der Waals surface area contributed by atoms with Crippen molar-refractivity contribution in [3.63, 3.8) is 0 Å². The summed E-state index contributed by atoms with van der Waals surface area (Å²) in [6, 6.07) is 15.1. The van der Waals surface area contributed by atoms with Gasteiger partial charge in [0.2, 0.25) is 0 Å². The van der Waals surface area contributed by atoms with Crippen LogP contribution in [0.25, 0.3) is 5.82 Å². The van der Waals surface area contributed by atoms with Gasteiger partial charge in [0, 0.05) is 25.4 Å². The predicted molar refractivity (Wildman–Crippen MR) is 106 cm³/mol. The van der Waals surface area contributed by atoms with Gasteiger partial charge in [-0.05, 0) is 49.2 Å². The van der Waals surface area contributed by atoms with Gasteiger partial charge in [-0.3, -0.25) is 9.47 Å². The highest BCUT2D eigenvalue weighted by molar-refractivity contribution is 5.29. The Labute approximate surface area is 160 Å². The zero-order valence-corrected chi connectivity index (χ0v) is 16.0. The summed E-state index contributed by atoms with van der Waals surface area (Å²) in [6.07, 6.45) is 7.09. The summed E-state index contributed by atoms with van der Waals surface area (Å²) in [5, 5.41) is 0. The Balaban J connectivity index is 1.55. The molecule has 1 atom stereocenters. The van der Waals surface area contributed by atoms with Crippen LogP contribution in [-0.2, 0) is 13.0 Å². The van der Waals surface area contributed by atoms with Crippen LogP contribution in [0.1, 0.15) is 42.9 Å².